The van der Waals surface area contributed by atoms with Crippen molar-refractivity contribution in [1.82, 2.24) is 0 Å². The van der Waals surface area contributed by atoms with Crippen LogP contribution < -0.4 is 4.52 Å². The summed E-state index contributed by atoms with van der Waals surface area (Å²) in [7, 11) is -4.74. The molecule has 0 aliphatic rings. The van der Waals surface area contributed by atoms with Crippen LogP contribution in [0.1, 0.15) is 0 Å². The fraction of sp³-hybridized carbons (Fsp3) is 0. The van der Waals surface area contributed by atoms with Gasteiger partial charge >= 0.3 is 7.82 Å². The van der Waals surface area contributed by atoms with Crippen LogP contribution in [0.2, 0.25) is 0 Å². The van der Waals surface area contributed by atoms with Crippen molar-refractivity contribution >= 4 is 7.82 Å². The quantitative estimate of drug-likeness (QED) is 0.716. The molecule has 7 heteroatoms. The fourth-order valence-corrected chi connectivity index (χ4v) is 1.11. The molecule has 0 bridgehead atoms. The number of benzene rings is 1. The Labute approximate surface area is 72.5 Å². The third-order valence-electron chi connectivity index (χ3n) is 1.13. The second kappa shape index (κ2) is 4.32. The third kappa shape index (κ3) is 2.77. The summed E-state index contributed by atoms with van der Waals surface area (Å²) in [5.74, 6) is -0.0267. The van der Waals surface area contributed by atoms with Crippen molar-refractivity contribution in [3.63, 3.8) is 0 Å². The molecule has 1 aromatic carbocycles. The minimum Gasteiger partial charge on any atom is -0.401 e. The summed E-state index contributed by atoms with van der Waals surface area (Å²) in [6, 6.07) is 7.37. The monoisotopic (exact) mass is 210 g/mol. The molecule has 0 saturated heterocycles. The second-order valence-electron chi connectivity index (χ2n) is 1.99. The average Bonchev–Trinajstić information content (AvgIpc) is 2.19. The summed E-state index contributed by atoms with van der Waals surface area (Å²) in [4.78, 5) is 0. The smallest absolute Gasteiger partial charge is 0.401 e. The number of phosphoric acid groups is 1. The Hall–Kier alpha value is -0.970. The highest BCUT2D eigenvalue weighted by molar-refractivity contribution is 7.48. The van der Waals surface area contributed by atoms with Crippen molar-refractivity contribution in [2.24, 2.45) is 0 Å². The molecule has 0 aliphatic carbocycles. The number of halogens is 2. The number of hydrogen-bond donors (Lipinski definition) is 0. The SMILES string of the molecule is O=P(OF)(OF)Oc1ccccc1. The molecule has 4 nitrogen and oxygen atoms in total. The Bertz CT molecular complexity index is 297. The molecule has 0 amide bonds. The zero-order valence-electron chi connectivity index (χ0n) is 6.22. The van der Waals surface area contributed by atoms with Gasteiger partial charge in [0.1, 0.15) is 5.75 Å². The summed E-state index contributed by atoms with van der Waals surface area (Å²) in [6.07, 6.45) is 0. The molecule has 13 heavy (non-hydrogen) atoms. The molecule has 0 heterocycles. The van der Waals surface area contributed by atoms with Crippen LogP contribution in [0, 0.1) is 0 Å². The van der Waals surface area contributed by atoms with Crippen molar-refractivity contribution in [3.05, 3.63) is 30.3 Å². The normalized spacial score (nSPS) is 11.2. The standard InChI is InChI=1S/C6H5F2O4P/c7-11-13(9,12-8)10-6-4-2-1-3-5-6/h1-5H. The molecule has 0 aromatic heterocycles. The molecule has 0 radical (unpaired) electrons. The van der Waals surface area contributed by atoms with Gasteiger partial charge in [-0.3, -0.25) is 0 Å². The van der Waals surface area contributed by atoms with Crippen LogP contribution in [0.5, 0.6) is 5.75 Å². The van der Waals surface area contributed by atoms with Crippen molar-refractivity contribution in [3.8, 4) is 5.75 Å². The Morgan fingerprint density at radius 1 is 1.08 bits per heavy atom. The average molecular weight is 210 g/mol. The number of para-hydroxylation sites is 1. The Morgan fingerprint density at radius 3 is 2.08 bits per heavy atom. The van der Waals surface area contributed by atoms with E-state index in [9.17, 15) is 13.6 Å². The van der Waals surface area contributed by atoms with E-state index >= 15 is 0 Å². The Morgan fingerprint density at radius 2 is 1.62 bits per heavy atom. The summed E-state index contributed by atoms with van der Waals surface area (Å²) in [5.41, 5.74) is 0. The molecule has 0 fully saturated rings. The highest BCUT2D eigenvalue weighted by Crippen LogP contribution is 2.49. The molecule has 1 aromatic rings. The van der Waals surface area contributed by atoms with Gasteiger partial charge in [0.05, 0.1) is 0 Å². The fourth-order valence-electron chi connectivity index (χ4n) is 0.649. The highest BCUT2D eigenvalue weighted by atomic mass is 31.2. The lowest BCUT2D eigenvalue weighted by atomic mass is 10.3. The first-order valence-corrected chi connectivity index (χ1v) is 4.61. The number of hydrogen-bond acceptors (Lipinski definition) is 4. The lowest BCUT2D eigenvalue weighted by Crippen LogP contribution is -1.92. The molecule has 0 spiro atoms. The Kier molecular flexibility index (Phi) is 3.36. The van der Waals surface area contributed by atoms with Crippen LogP contribution >= 0.6 is 7.82 Å². The second-order valence-corrected chi connectivity index (χ2v) is 3.34. The number of rotatable bonds is 4. The lowest BCUT2D eigenvalue weighted by molar-refractivity contribution is -0.107. The minimum atomic E-state index is -4.74. The topological polar surface area (TPSA) is 44.8 Å². The van der Waals surface area contributed by atoms with Crippen LogP contribution in [0.25, 0.3) is 0 Å². The molecule has 72 valence electrons. The van der Waals surface area contributed by atoms with E-state index in [0.29, 0.717) is 0 Å². The third-order valence-corrected chi connectivity index (χ3v) is 1.90. The maximum Gasteiger partial charge on any atom is 0.593 e. The molecular formula is C6H5F2O4P. The molecule has 1 rings (SSSR count). The van der Waals surface area contributed by atoms with Crippen molar-refractivity contribution in [2.75, 3.05) is 0 Å². The van der Waals surface area contributed by atoms with E-state index in [0.717, 1.165) is 0 Å². The Balaban J connectivity index is 2.74. The van der Waals surface area contributed by atoms with Gasteiger partial charge in [0.15, 0.2) is 0 Å². The van der Waals surface area contributed by atoms with Gasteiger partial charge < -0.3 is 4.52 Å². The largest absolute Gasteiger partial charge is 0.593 e. The van der Waals surface area contributed by atoms with E-state index in [-0.39, 0.29) is 5.75 Å². The predicted molar refractivity (Wildman–Crippen MR) is 39.1 cm³/mol. The first kappa shape index (κ1) is 10.1. The van der Waals surface area contributed by atoms with E-state index in [4.69, 9.17) is 0 Å². The molecule has 0 unspecified atom stereocenters. The molecular weight excluding hydrogens is 205 g/mol. The van der Waals surface area contributed by atoms with E-state index in [1.807, 2.05) is 0 Å². The van der Waals surface area contributed by atoms with Crippen LogP contribution in [0.3, 0.4) is 0 Å². The zero-order valence-corrected chi connectivity index (χ0v) is 7.12. The van der Waals surface area contributed by atoms with Gasteiger partial charge in [-0.05, 0) is 21.2 Å². The summed E-state index contributed by atoms with van der Waals surface area (Å²) < 4.78 is 43.4. The van der Waals surface area contributed by atoms with E-state index in [1.165, 1.54) is 24.3 Å². The van der Waals surface area contributed by atoms with E-state index in [1.54, 1.807) is 6.07 Å². The van der Waals surface area contributed by atoms with Gasteiger partial charge in [-0.15, -0.1) is 0 Å². The van der Waals surface area contributed by atoms with E-state index in [2.05, 4.69) is 14.0 Å². The van der Waals surface area contributed by atoms with Crippen molar-refractivity contribution < 1.29 is 27.6 Å². The van der Waals surface area contributed by atoms with Gasteiger partial charge in [0.25, 0.3) is 0 Å². The first-order valence-electron chi connectivity index (χ1n) is 3.15. The maximum atomic E-state index is 11.5. The highest BCUT2D eigenvalue weighted by Gasteiger charge is 2.31. The van der Waals surface area contributed by atoms with Crippen LogP contribution in [-0.4, -0.2) is 0 Å². The van der Waals surface area contributed by atoms with Crippen LogP contribution in [-0.2, 0) is 14.0 Å². The molecule has 0 atom stereocenters. The van der Waals surface area contributed by atoms with Crippen LogP contribution in [0.15, 0.2) is 30.3 Å². The zero-order chi connectivity index (χ0) is 9.73. The van der Waals surface area contributed by atoms with Crippen molar-refractivity contribution in [1.29, 1.82) is 0 Å². The molecule has 0 aliphatic heterocycles. The summed E-state index contributed by atoms with van der Waals surface area (Å²) in [6.45, 7) is 0. The molecule has 0 N–H and O–H groups in total. The summed E-state index contributed by atoms with van der Waals surface area (Å²) in [5, 5.41) is 0. The van der Waals surface area contributed by atoms with Gasteiger partial charge in [0, 0.05) is 0 Å². The molecule has 0 saturated carbocycles. The van der Waals surface area contributed by atoms with Gasteiger partial charge in [-0.25, -0.2) is 4.57 Å². The van der Waals surface area contributed by atoms with Crippen LogP contribution in [0.4, 0.5) is 9.05 Å². The van der Waals surface area contributed by atoms with Gasteiger partial charge in [-0.2, -0.15) is 0 Å². The van der Waals surface area contributed by atoms with E-state index < -0.39 is 7.82 Å². The van der Waals surface area contributed by atoms with Crippen molar-refractivity contribution in [2.45, 2.75) is 0 Å². The predicted octanol–water partition coefficient (Wildman–Crippen LogP) is 2.98. The summed E-state index contributed by atoms with van der Waals surface area (Å²) >= 11 is 0. The van der Waals surface area contributed by atoms with Gasteiger partial charge in [-0.1, -0.05) is 27.7 Å². The maximum absolute atomic E-state index is 11.5. The minimum absolute atomic E-state index is 0.0267. The lowest BCUT2D eigenvalue weighted by Gasteiger charge is -2.07. The first-order chi connectivity index (χ1) is 6.20. The van der Waals surface area contributed by atoms with Gasteiger partial charge in [0.2, 0.25) is 0 Å².